The number of hydrogen-bond acceptors (Lipinski definition) is 11. The van der Waals surface area contributed by atoms with Crippen LogP contribution in [0.2, 0.25) is 0 Å². The van der Waals surface area contributed by atoms with E-state index in [4.69, 9.17) is 39.1 Å². The molecule has 4 aliphatic heterocycles. The predicted molar refractivity (Wildman–Crippen MR) is 246 cm³/mol. The van der Waals surface area contributed by atoms with Crippen molar-refractivity contribution in [2.75, 3.05) is 67.2 Å². The molecule has 0 amide bonds. The Morgan fingerprint density at radius 1 is 0.758 bits per heavy atom. The van der Waals surface area contributed by atoms with Crippen molar-refractivity contribution in [2.24, 2.45) is 23.7 Å². The van der Waals surface area contributed by atoms with Crippen molar-refractivity contribution >= 4 is 32.6 Å². The van der Waals surface area contributed by atoms with Crippen LogP contribution in [-0.2, 0) is 5.54 Å². The van der Waals surface area contributed by atoms with Crippen LogP contribution in [0.1, 0.15) is 69.9 Å². The van der Waals surface area contributed by atoms with Crippen LogP contribution in [0, 0.1) is 23.7 Å². The number of rotatable bonds is 16. The summed E-state index contributed by atoms with van der Waals surface area (Å²) >= 11 is 0. The number of benzene rings is 3. The molecule has 3 aromatic heterocycles. The van der Waals surface area contributed by atoms with Crippen molar-refractivity contribution < 1.29 is 18.9 Å². The smallest absolute Gasteiger partial charge is 0.241 e. The van der Waals surface area contributed by atoms with Gasteiger partial charge in [0.1, 0.15) is 18.1 Å². The maximum Gasteiger partial charge on any atom is 0.241 e. The van der Waals surface area contributed by atoms with Gasteiger partial charge in [0.05, 0.1) is 48.2 Å². The number of likely N-dealkylation sites (tertiary alicyclic amines) is 1. The van der Waals surface area contributed by atoms with Crippen molar-refractivity contribution in [2.45, 2.75) is 70.4 Å². The molecule has 0 aliphatic carbocycles. The average molecular weight is 838 g/mol. The van der Waals surface area contributed by atoms with Gasteiger partial charge in [-0.3, -0.25) is 14.9 Å². The minimum absolute atomic E-state index is 0.0832. The molecule has 3 aromatic carbocycles. The zero-order valence-corrected chi connectivity index (χ0v) is 37.3. The van der Waals surface area contributed by atoms with Crippen molar-refractivity contribution in [3.63, 3.8) is 0 Å². The lowest BCUT2D eigenvalue weighted by atomic mass is 9.70. The summed E-state index contributed by atoms with van der Waals surface area (Å²) in [6.07, 6.45) is 9.82. The number of hydrogen-bond donors (Lipinski definition) is 1. The molecule has 326 valence electrons. The number of ether oxygens (including phenoxy) is 4. The number of nitrogens with zero attached hydrogens (tertiary/aromatic N) is 6. The summed E-state index contributed by atoms with van der Waals surface area (Å²) in [5.41, 5.74) is 3.60. The fraction of sp³-hybridized carbons (Fsp3) is 0.490. The van der Waals surface area contributed by atoms with Crippen LogP contribution in [0.25, 0.3) is 32.6 Å². The second-order valence-electron chi connectivity index (χ2n) is 18.1. The minimum Gasteiger partial charge on any atom is -0.497 e. The fourth-order valence-corrected chi connectivity index (χ4v) is 11.1. The van der Waals surface area contributed by atoms with E-state index in [1.165, 1.54) is 31.2 Å². The largest absolute Gasteiger partial charge is 0.497 e. The second kappa shape index (κ2) is 18.3. The number of aromatic nitrogens is 4. The Kier molecular flexibility index (Phi) is 12.5. The summed E-state index contributed by atoms with van der Waals surface area (Å²) in [7, 11) is 5.47. The standard InChI is InChI=1S/C51H63N7O4/c1-7-34-28-57(23-19-33(34)3)31-51(52-4,45-18-22-54-47-16-14-38(60-6)27-43(45)47)32-62-50-41-12-10-9-11-40(41)49(55-56-50)61-30-44(48-25-36-20-24-58(48)29-35(36)8-2)39-17-21-53-46-15-13-37(59-5)26-42(39)46/h9-18,21-22,26-27,33-36,44,48,52H,7-8,19-20,23-25,28-32H2,1-6H3/t33?,34?,35?,36?,44-,48+,51+/m1/s1. The van der Waals surface area contributed by atoms with E-state index in [1.807, 2.05) is 49.8 Å². The average Bonchev–Trinajstić information content (AvgIpc) is 3.33. The monoisotopic (exact) mass is 837 g/mol. The van der Waals surface area contributed by atoms with Crippen LogP contribution in [0.4, 0.5) is 0 Å². The Hall–Kier alpha value is -5.10. The molecule has 6 aromatic rings. The Balaban J connectivity index is 1.04. The van der Waals surface area contributed by atoms with Crippen LogP contribution in [-0.4, -0.2) is 103 Å². The third-order valence-corrected chi connectivity index (χ3v) is 14.9. The lowest BCUT2D eigenvalue weighted by molar-refractivity contribution is -0.0174. The van der Waals surface area contributed by atoms with E-state index in [0.717, 1.165) is 101 Å². The van der Waals surface area contributed by atoms with Gasteiger partial charge in [-0.2, -0.15) is 0 Å². The molecule has 8 atom stereocenters. The first-order chi connectivity index (χ1) is 30.3. The molecule has 2 bridgehead atoms. The highest BCUT2D eigenvalue weighted by molar-refractivity contribution is 5.90. The second-order valence-corrected chi connectivity index (χ2v) is 18.1. The Bertz CT molecular complexity index is 2500. The van der Waals surface area contributed by atoms with Gasteiger partial charge in [-0.15, -0.1) is 10.2 Å². The zero-order chi connectivity index (χ0) is 42.8. The fourth-order valence-electron chi connectivity index (χ4n) is 11.1. The number of likely N-dealkylation sites (N-methyl/N-ethyl adjacent to an activating group) is 1. The minimum atomic E-state index is -0.612. The van der Waals surface area contributed by atoms with Crippen molar-refractivity contribution in [1.29, 1.82) is 0 Å². The highest BCUT2D eigenvalue weighted by Crippen LogP contribution is 2.45. The van der Waals surface area contributed by atoms with Gasteiger partial charge in [0.2, 0.25) is 11.8 Å². The Morgan fingerprint density at radius 2 is 1.44 bits per heavy atom. The van der Waals surface area contributed by atoms with E-state index in [0.29, 0.717) is 42.9 Å². The summed E-state index contributed by atoms with van der Waals surface area (Å²) in [5, 5.41) is 17.2. The zero-order valence-electron chi connectivity index (χ0n) is 37.3. The van der Waals surface area contributed by atoms with Gasteiger partial charge in [-0.1, -0.05) is 45.7 Å². The molecule has 0 spiro atoms. The van der Waals surface area contributed by atoms with Crippen molar-refractivity contribution in [3.8, 4) is 23.3 Å². The number of methoxy groups -OCH3 is 2. The van der Waals surface area contributed by atoms with Crippen LogP contribution in [0.15, 0.2) is 85.2 Å². The van der Waals surface area contributed by atoms with Gasteiger partial charge < -0.3 is 29.2 Å². The molecule has 5 unspecified atom stereocenters. The van der Waals surface area contributed by atoms with E-state index in [2.05, 4.69) is 78.4 Å². The molecule has 4 fully saturated rings. The Labute approximate surface area is 366 Å². The van der Waals surface area contributed by atoms with Crippen molar-refractivity contribution in [1.82, 2.24) is 35.3 Å². The van der Waals surface area contributed by atoms with Crippen LogP contribution < -0.4 is 24.3 Å². The first-order valence-electron chi connectivity index (χ1n) is 22.9. The molecule has 10 rings (SSSR count). The third-order valence-electron chi connectivity index (χ3n) is 14.9. The lowest BCUT2D eigenvalue weighted by Gasteiger charge is -2.52. The molecule has 62 heavy (non-hydrogen) atoms. The maximum atomic E-state index is 6.93. The topological polar surface area (TPSA) is 107 Å². The van der Waals surface area contributed by atoms with Gasteiger partial charge >= 0.3 is 0 Å². The van der Waals surface area contributed by atoms with E-state index >= 15 is 0 Å². The molecule has 1 N–H and O–H groups in total. The maximum absolute atomic E-state index is 6.93. The van der Waals surface area contributed by atoms with Crippen LogP contribution in [0.5, 0.6) is 23.3 Å². The van der Waals surface area contributed by atoms with Crippen molar-refractivity contribution in [3.05, 3.63) is 96.3 Å². The van der Waals surface area contributed by atoms with E-state index in [-0.39, 0.29) is 5.92 Å². The summed E-state index contributed by atoms with van der Waals surface area (Å²) in [6, 6.07) is 25.1. The number of nitrogens with one attached hydrogen (secondary N) is 1. The summed E-state index contributed by atoms with van der Waals surface area (Å²) in [4.78, 5) is 14.8. The first-order valence-corrected chi connectivity index (χ1v) is 22.9. The molecular formula is C51H63N7O4. The van der Waals surface area contributed by atoms with Gasteiger partial charge in [0.15, 0.2) is 0 Å². The molecule has 4 aliphatic rings. The molecule has 7 heterocycles. The van der Waals surface area contributed by atoms with Gasteiger partial charge in [-0.25, -0.2) is 0 Å². The normalized spacial score (nSPS) is 24.2. The number of fused-ring (bicyclic) bond motifs is 6. The number of pyridine rings is 2. The van der Waals surface area contributed by atoms with E-state index in [1.54, 1.807) is 14.2 Å². The summed E-state index contributed by atoms with van der Waals surface area (Å²) < 4.78 is 25.2. The molecule has 0 saturated carbocycles. The highest BCUT2D eigenvalue weighted by Gasteiger charge is 2.44. The van der Waals surface area contributed by atoms with Crippen LogP contribution in [0.3, 0.4) is 0 Å². The van der Waals surface area contributed by atoms with E-state index in [9.17, 15) is 0 Å². The van der Waals surface area contributed by atoms with Gasteiger partial charge in [-0.05, 0) is 135 Å². The van der Waals surface area contributed by atoms with E-state index < -0.39 is 5.54 Å². The summed E-state index contributed by atoms with van der Waals surface area (Å²) in [5.74, 6) is 5.51. The van der Waals surface area contributed by atoms with Gasteiger partial charge in [0, 0.05) is 54.8 Å². The SMILES string of the molecule is CCC1CN(C[C@@](COc2nnc(OC[C@H](c3ccnc4ccc(OC)cc34)[C@@H]3CC4CCN3CC4CC)c3ccccc23)(NC)c2ccnc3ccc(OC)cc23)CCC1C. The number of piperidine rings is 4. The van der Waals surface area contributed by atoms with Crippen LogP contribution >= 0.6 is 0 Å². The molecular weight excluding hydrogens is 775 g/mol. The molecule has 11 nitrogen and oxygen atoms in total. The molecule has 4 saturated heterocycles. The molecule has 11 heteroatoms. The third kappa shape index (κ3) is 8.15. The van der Waals surface area contributed by atoms with Gasteiger partial charge in [0.25, 0.3) is 0 Å². The Morgan fingerprint density at radius 3 is 2.10 bits per heavy atom. The predicted octanol–water partition coefficient (Wildman–Crippen LogP) is 8.89. The highest BCUT2D eigenvalue weighted by atomic mass is 16.5. The summed E-state index contributed by atoms with van der Waals surface area (Å²) in [6.45, 7) is 12.9. The lowest BCUT2D eigenvalue weighted by Crippen LogP contribution is -2.56. The quantitative estimate of drug-likeness (QED) is 0.101. The molecule has 0 radical (unpaired) electrons. The first kappa shape index (κ1) is 42.2.